The van der Waals surface area contributed by atoms with Crippen molar-refractivity contribution in [2.24, 2.45) is 0 Å². The average Bonchev–Trinajstić information content (AvgIpc) is 2.37. The zero-order chi connectivity index (χ0) is 14.8. The topological polar surface area (TPSA) is 61.4 Å². The molecule has 6 nitrogen and oxygen atoms in total. The predicted octanol–water partition coefficient (Wildman–Crippen LogP) is 1.36. The number of anilines is 2. The van der Waals surface area contributed by atoms with Crippen LogP contribution in [0.1, 0.15) is 27.7 Å². The molecule has 1 fully saturated rings. The summed E-state index contributed by atoms with van der Waals surface area (Å²) >= 11 is 0. The third kappa shape index (κ3) is 3.82. The summed E-state index contributed by atoms with van der Waals surface area (Å²) in [7, 11) is 0. The Morgan fingerprint density at radius 1 is 1.25 bits per heavy atom. The lowest BCUT2D eigenvalue weighted by atomic mass is 10.1. The maximum absolute atomic E-state index is 11.3. The van der Waals surface area contributed by atoms with Gasteiger partial charge in [-0.05, 0) is 26.8 Å². The van der Waals surface area contributed by atoms with E-state index in [-0.39, 0.29) is 11.4 Å². The number of carbonyl (C=O) groups is 1. The van der Waals surface area contributed by atoms with E-state index in [4.69, 9.17) is 0 Å². The summed E-state index contributed by atoms with van der Waals surface area (Å²) < 4.78 is 0. The van der Waals surface area contributed by atoms with Crippen LogP contribution in [0.5, 0.6) is 0 Å². The second-order valence-corrected chi connectivity index (χ2v) is 6.11. The molecule has 0 atom stereocenters. The Kier molecular flexibility index (Phi) is 4.11. The number of hydrogen-bond acceptors (Lipinski definition) is 5. The first kappa shape index (κ1) is 14.6. The fourth-order valence-corrected chi connectivity index (χ4v) is 2.18. The van der Waals surface area contributed by atoms with Crippen LogP contribution in [0.4, 0.5) is 11.8 Å². The van der Waals surface area contributed by atoms with Crippen LogP contribution in [-0.2, 0) is 4.79 Å². The summed E-state index contributed by atoms with van der Waals surface area (Å²) in [5.41, 5.74) is -0.0288. The summed E-state index contributed by atoms with van der Waals surface area (Å²) in [6.07, 6.45) is 1.77. The van der Waals surface area contributed by atoms with Crippen LogP contribution < -0.4 is 10.2 Å². The molecular formula is C14H23N5O. The molecule has 2 rings (SSSR count). The van der Waals surface area contributed by atoms with Gasteiger partial charge in [0.25, 0.3) is 0 Å². The summed E-state index contributed by atoms with van der Waals surface area (Å²) in [4.78, 5) is 24.2. The average molecular weight is 277 g/mol. The van der Waals surface area contributed by atoms with Gasteiger partial charge in [-0.25, -0.2) is 4.98 Å². The molecule has 1 aromatic rings. The molecule has 2 heterocycles. The fourth-order valence-electron chi connectivity index (χ4n) is 2.18. The lowest BCUT2D eigenvalue weighted by Crippen LogP contribution is -2.48. The number of nitrogens with one attached hydrogen (secondary N) is 1. The molecule has 0 radical (unpaired) electrons. The second kappa shape index (κ2) is 5.64. The van der Waals surface area contributed by atoms with Crippen molar-refractivity contribution in [3.63, 3.8) is 0 Å². The van der Waals surface area contributed by atoms with E-state index in [1.54, 1.807) is 13.1 Å². The lowest BCUT2D eigenvalue weighted by Gasteiger charge is -2.34. The van der Waals surface area contributed by atoms with Crippen molar-refractivity contribution < 1.29 is 4.79 Å². The minimum atomic E-state index is -0.0288. The highest BCUT2D eigenvalue weighted by Gasteiger charge is 2.21. The van der Waals surface area contributed by atoms with Crippen LogP contribution in [0, 0.1) is 0 Å². The molecule has 0 aromatic carbocycles. The Balaban J connectivity index is 2.03. The standard InChI is InChI=1S/C14H23N5O/c1-11(20)18-7-9-19(10-8-18)13-15-6-5-12(16-13)17-14(2,3)4/h5-6H,7-10H2,1-4H3,(H,15,16,17). The summed E-state index contributed by atoms with van der Waals surface area (Å²) in [5, 5.41) is 3.35. The third-order valence-electron chi connectivity index (χ3n) is 3.15. The Morgan fingerprint density at radius 2 is 1.90 bits per heavy atom. The van der Waals surface area contributed by atoms with Crippen LogP contribution >= 0.6 is 0 Å². The maximum Gasteiger partial charge on any atom is 0.227 e. The normalized spacial score (nSPS) is 16.2. The molecule has 0 spiro atoms. The van der Waals surface area contributed by atoms with Crippen molar-refractivity contribution in [3.8, 4) is 0 Å². The number of piperazine rings is 1. The summed E-state index contributed by atoms with van der Waals surface area (Å²) in [6.45, 7) is 10.9. The highest BCUT2D eigenvalue weighted by molar-refractivity contribution is 5.73. The van der Waals surface area contributed by atoms with E-state index in [9.17, 15) is 4.79 Å². The zero-order valence-corrected chi connectivity index (χ0v) is 12.7. The first-order valence-electron chi connectivity index (χ1n) is 6.97. The van der Waals surface area contributed by atoms with E-state index in [0.29, 0.717) is 0 Å². The van der Waals surface area contributed by atoms with Crippen molar-refractivity contribution in [1.29, 1.82) is 0 Å². The van der Waals surface area contributed by atoms with Gasteiger partial charge in [-0.3, -0.25) is 4.79 Å². The van der Waals surface area contributed by atoms with Crippen LogP contribution in [0.2, 0.25) is 0 Å². The van der Waals surface area contributed by atoms with Gasteiger partial charge in [0.2, 0.25) is 11.9 Å². The molecule has 6 heteroatoms. The van der Waals surface area contributed by atoms with E-state index < -0.39 is 0 Å². The van der Waals surface area contributed by atoms with Gasteiger partial charge >= 0.3 is 0 Å². The minimum Gasteiger partial charge on any atom is -0.365 e. The van der Waals surface area contributed by atoms with Gasteiger partial charge in [0.1, 0.15) is 5.82 Å². The lowest BCUT2D eigenvalue weighted by molar-refractivity contribution is -0.129. The summed E-state index contributed by atoms with van der Waals surface area (Å²) in [5.74, 6) is 1.69. The smallest absolute Gasteiger partial charge is 0.227 e. The molecule has 1 aromatic heterocycles. The van der Waals surface area contributed by atoms with Crippen LogP contribution in [-0.4, -0.2) is 52.5 Å². The van der Waals surface area contributed by atoms with E-state index in [0.717, 1.165) is 37.9 Å². The van der Waals surface area contributed by atoms with Crippen molar-refractivity contribution in [3.05, 3.63) is 12.3 Å². The first-order valence-corrected chi connectivity index (χ1v) is 6.97. The van der Waals surface area contributed by atoms with Crippen LogP contribution in [0.25, 0.3) is 0 Å². The number of carbonyl (C=O) groups excluding carboxylic acids is 1. The van der Waals surface area contributed by atoms with E-state index in [1.165, 1.54) is 0 Å². The van der Waals surface area contributed by atoms with E-state index >= 15 is 0 Å². The monoisotopic (exact) mass is 277 g/mol. The van der Waals surface area contributed by atoms with Crippen molar-refractivity contribution in [2.75, 3.05) is 36.4 Å². The number of aromatic nitrogens is 2. The molecule has 1 saturated heterocycles. The quantitative estimate of drug-likeness (QED) is 0.884. The van der Waals surface area contributed by atoms with Gasteiger partial charge < -0.3 is 15.1 Å². The Bertz CT molecular complexity index is 475. The van der Waals surface area contributed by atoms with Crippen molar-refractivity contribution in [2.45, 2.75) is 33.2 Å². The Hall–Kier alpha value is -1.85. The van der Waals surface area contributed by atoms with Crippen LogP contribution in [0.15, 0.2) is 12.3 Å². The zero-order valence-electron chi connectivity index (χ0n) is 12.7. The molecule has 0 aliphatic carbocycles. The predicted molar refractivity (Wildman–Crippen MR) is 79.9 cm³/mol. The number of hydrogen-bond donors (Lipinski definition) is 1. The largest absolute Gasteiger partial charge is 0.365 e. The molecule has 0 bridgehead atoms. The third-order valence-corrected chi connectivity index (χ3v) is 3.15. The van der Waals surface area contributed by atoms with Gasteiger partial charge in [0.05, 0.1) is 0 Å². The highest BCUT2D eigenvalue weighted by atomic mass is 16.2. The van der Waals surface area contributed by atoms with Gasteiger partial charge in [-0.2, -0.15) is 4.98 Å². The fraction of sp³-hybridized carbons (Fsp3) is 0.643. The van der Waals surface area contributed by atoms with Gasteiger partial charge in [0.15, 0.2) is 0 Å². The number of rotatable bonds is 2. The van der Waals surface area contributed by atoms with Crippen molar-refractivity contribution >= 4 is 17.7 Å². The molecule has 1 aliphatic heterocycles. The number of amides is 1. The summed E-state index contributed by atoms with van der Waals surface area (Å²) in [6, 6.07) is 1.88. The molecule has 20 heavy (non-hydrogen) atoms. The SMILES string of the molecule is CC(=O)N1CCN(c2nccc(NC(C)(C)C)n2)CC1. The molecule has 1 amide bonds. The van der Waals surface area contributed by atoms with Crippen LogP contribution in [0.3, 0.4) is 0 Å². The molecule has 110 valence electrons. The molecule has 1 N–H and O–H groups in total. The second-order valence-electron chi connectivity index (χ2n) is 6.11. The van der Waals surface area contributed by atoms with Gasteiger partial charge in [-0.15, -0.1) is 0 Å². The van der Waals surface area contributed by atoms with Gasteiger partial charge in [-0.1, -0.05) is 0 Å². The molecule has 0 unspecified atom stereocenters. The number of nitrogens with zero attached hydrogens (tertiary/aromatic N) is 4. The van der Waals surface area contributed by atoms with Gasteiger partial charge in [0, 0.05) is 44.8 Å². The molecular weight excluding hydrogens is 254 g/mol. The maximum atomic E-state index is 11.3. The minimum absolute atomic E-state index is 0.0288. The van der Waals surface area contributed by atoms with Crippen molar-refractivity contribution in [1.82, 2.24) is 14.9 Å². The highest BCUT2D eigenvalue weighted by Crippen LogP contribution is 2.16. The first-order chi connectivity index (χ1) is 9.35. The Labute approximate surface area is 120 Å². The van der Waals surface area contributed by atoms with E-state index in [1.807, 2.05) is 11.0 Å². The Morgan fingerprint density at radius 3 is 2.45 bits per heavy atom. The molecule has 0 saturated carbocycles. The molecule has 1 aliphatic rings. The van der Waals surface area contributed by atoms with E-state index in [2.05, 4.69) is 41.0 Å².